The molecule has 1 fully saturated rings. The number of nitrogens with one attached hydrogen (secondary N) is 2. The molecule has 0 spiro atoms. The summed E-state index contributed by atoms with van der Waals surface area (Å²) in [4.78, 5) is 13.2. The van der Waals surface area contributed by atoms with E-state index < -0.39 is 0 Å². The van der Waals surface area contributed by atoms with Gasteiger partial charge in [-0.2, -0.15) is 0 Å². The van der Waals surface area contributed by atoms with Crippen molar-refractivity contribution < 1.29 is 4.79 Å². The zero-order valence-corrected chi connectivity index (χ0v) is 10.7. The summed E-state index contributed by atoms with van der Waals surface area (Å²) in [5, 5.41) is 8.18. The lowest BCUT2D eigenvalue weighted by molar-refractivity contribution is 0.0957. The molecule has 16 heavy (non-hydrogen) atoms. The van der Waals surface area contributed by atoms with Gasteiger partial charge in [-0.15, -0.1) is 24.0 Å². The van der Waals surface area contributed by atoms with Crippen molar-refractivity contribution in [2.45, 2.75) is 30.2 Å². The summed E-state index contributed by atoms with van der Waals surface area (Å²) in [5.41, 5.74) is 0. The molecule has 0 bridgehead atoms. The molecular formula is C11H16N2OS2. The van der Waals surface area contributed by atoms with E-state index in [1.54, 1.807) is 6.07 Å². The van der Waals surface area contributed by atoms with Crippen LogP contribution in [0.4, 0.5) is 0 Å². The van der Waals surface area contributed by atoms with E-state index in [1.165, 1.54) is 24.2 Å². The van der Waals surface area contributed by atoms with Gasteiger partial charge in [0, 0.05) is 22.9 Å². The van der Waals surface area contributed by atoms with Gasteiger partial charge in [-0.3, -0.25) is 4.79 Å². The second-order valence-electron chi connectivity index (χ2n) is 4.01. The first-order valence-electron chi connectivity index (χ1n) is 5.55. The Morgan fingerprint density at radius 2 is 2.31 bits per heavy atom. The van der Waals surface area contributed by atoms with Crippen molar-refractivity contribution in [1.29, 1.82) is 0 Å². The smallest absolute Gasteiger partial charge is 0.261 e. The third kappa shape index (κ3) is 3.81. The van der Waals surface area contributed by atoms with Crippen LogP contribution in [0.15, 0.2) is 16.3 Å². The quantitative estimate of drug-likeness (QED) is 0.537. The van der Waals surface area contributed by atoms with Crippen molar-refractivity contribution >= 4 is 29.9 Å². The lowest BCUT2D eigenvalue weighted by Crippen LogP contribution is -2.27. The van der Waals surface area contributed by atoms with Crippen LogP contribution in [0.1, 0.15) is 28.9 Å². The van der Waals surface area contributed by atoms with Crippen molar-refractivity contribution in [2.75, 3.05) is 13.1 Å². The van der Waals surface area contributed by atoms with Crippen LogP contribution in [0.5, 0.6) is 0 Å². The Balaban J connectivity index is 1.59. The highest BCUT2D eigenvalue weighted by Gasteiger charge is 2.19. The molecule has 0 aromatic carbocycles. The maximum absolute atomic E-state index is 11.6. The number of carbonyl (C=O) groups excluding carboxylic acids is 1. The molecule has 1 amide bonds. The molecule has 1 aliphatic carbocycles. The van der Waals surface area contributed by atoms with E-state index in [0.29, 0.717) is 0 Å². The Morgan fingerprint density at radius 1 is 1.50 bits per heavy atom. The number of rotatable bonds is 6. The van der Waals surface area contributed by atoms with E-state index in [-0.39, 0.29) is 5.91 Å². The van der Waals surface area contributed by atoms with Gasteiger partial charge < -0.3 is 10.6 Å². The number of hydrogen-bond donors (Lipinski definition) is 3. The minimum Gasteiger partial charge on any atom is -0.351 e. The molecule has 1 heterocycles. The second-order valence-corrected chi connectivity index (χ2v) is 5.43. The van der Waals surface area contributed by atoms with E-state index >= 15 is 0 Å². The fourth-order valence-corrected chi connectivity index (χ4v) is 2.48. The average molecular weight is 256 g/mol. The molecule has 0 unspecified atom stereocenters. The third-order valence-corrected chi connectivity index (χ3v) is 3.82. The first-order valence-corrected chi connectivity index (χ1v) is 6.87. The molecule has 0 atom stereocenters. The second kappa shape index (κ2) is 5.70. The molecule has 1 saturated carbocycles. The van der Waals surface area contributed by atoms with Crippen molar-refractivity contribution in [3.63, 3.8) is 0 Å². The summed E-state index contributed by atoms with van der Waals surface area (Å²) in [6, 6.07) is 2.55. The topological polar surface area (TPSA) is 41.1 Å². The van der Waals surface area contributed by atoms with E-state index in [4.69, 9.17) is 0 Å². The average Bonchev–Trinajstić information content (AvgIpc) is 2.99. The fourth-order valence-electron chi connectivity index (χ4n) is 1.42. The Hall–Kier alpha value is -0.520. The van der Waals surface area contributed by atoms with Crippen molar-refractivity contribution in [3.05, 3.63) is 16.3 Å². The lowest BCUT2D eigenvalue weighted by Gasteiger charge is -2.04. The van der Waals surface area contributed by atoms with Gasteiger partial charge in [-0.25, -0.2) is 0 Å². The van der Waals surface area contributed by atoms with Gasteiger partial charge in [0.25, 0.3) is 5.91 Å². The van der Waals surface area contributed by atoms with Crippen LogP contribution in [0, 0.1) is 0 Å². The Kier molecular flexibility index (Phi) is 4.26. The predicted octanol–water partition coefficient (Wildman–Crippen LogP) is 1.91. The minimum absolute atomic E-state index is 0.0109. The maximum atomic E-state index is 11.6. The fraction of sp³-hybridized carbons (Fsp3) is 0.545. The molecule has 1 aliphatic rings. The molecule has 1 aromatic heterocycles. The van der Waals surface area contributed by atoms with Crippen molar-refractivity contribution in [3.8, 4) is 0 Å². The van der Waals surface area contributed by atoms with Crippen LogP contribution in [-0.2, 0) is 0 Å². The first kappa shape index (κ1) is 12.0. The summed E-state index contributed by atoms with van der Waals surface area (Å²) in [6.45, 7) is 1.73. The Morgan fingerprint density at radius 3 is 2.94 bits per heavy atom. The highest BCUT2D eigenvalue weighted by atomic mass is 32.1. The normalized spacial score (nSPS) is 15.1. The molecule has 3 nitrogen and oxygen atoms in total. The summed E-state index contributed by atoms with van der Waals surface area (Å²) in [7, 11) is 0. The number of carbonyl (C=O) groups is 1. The molecule has 0 radical (unpaired) electrons. The molecule has 0 aliphatic heterocycles. The third-order valence-electron chi connectivity index (χ3n) is 2.46. The highest BCUT2D eigenvalue weighted by molar-refractivity contribution is 7.80. The Bertz CT molecular complexity index is 361. The van der Waals surface area contributed by atoms with E-state index in [2.05, 4.69) is 23.3 Å². The van der Waals surface area contributed by atoms with Gasteiger partial charge in [0.05, 0.1) is 4.88 Å². The van der Waals surface area contributed by atoms with Gasteiger partial charge in [-0.1, -0.05) is 0 Å². The van der Waals surface area contributed by atoms with E-state index in [0.717, 1.165) is 35.3 Å². The first-order chi connectivity index (χ1) is 7.75. The summed E-state index contributed by atoms with van der Waals surface area (Å²) in [6.07, 6.45) is 3.61. The number of hydrogen-bond acceptors (Lipinski definition) is 4. The van der Waals surface area contributed by atoms with Gasteiger partial charge in [0.15, 0.2) is 0 Å². The summed E-state index contributed by atoms with van der Waals surface area (Å²) in [5.74, 6) is 0.0109. The summed E-state index contributed by atoms with van der Waals surface area (Å²) >= 11 is 5.61. The van der Waals surface area contributed by atoms with E-state index in [9.17, 15) is 4.79 Å². The predicted molar refractivity (Wildman–Crippen MR) is 69.5 cm³/mol. The summed E-state index contributed by atoms with van der Waals surface area (Å²) < 4.78 is 0. The van der Waals surface area contributed by atoms with Crippen LogP contribution in [-0.4, -0.2) is 25.0 Å². The van der Waals surface area contributed by atoms with Gasteiger partial charge >= 0.3 is 0 Å². The standard InChI is InChI=1S/C11H16N2OS2/c14-11(10-6-9(15)7-16-10)13-5-1-4-12-8-2-3-8/h6-8,12,15H,1-5H2,(H,13,14). The van der Waals surface area contributed by atoms with Crippen LogP contribution in [0.3, 0.4) is 0 Å². The molecule has 5 heteroatoms. The molecule has 2 N–H and O–H groups in total. The van der Waals surface area contributed by atoms with E-state index in [1.807, 2.05) is 5.38 Å². The zero-order valence-electron chi connectivity index (χ0n) is 9.03. The Labute approximate surface area is 105 Å². The van der Waals surface area contributed by atoms with Crippen LogP contribution < -0.4 is 10.6 Å². The van der Waals surface area contributed by atoms with Crippen LogP contribution >= 0.6 is 24.0 Å². The van der Waals surface area contributed by atoms with Crippen LogP contribution in [0.25, 0.3) is 0 Å². The van der Waals surface area contributed by atoms with Gasteiger partial charge in [0.2, 0.25) is 0 Å². The molecule has 88 valence electrons. The maximum Gasteiger partial charge on any atom is 0.261 e. The van der Waals surface area contributed by atoms with Crippen molar-refractivity contribution in [1.82, 2.24) is 10.6 Å². The lowest BCUT2D eigenvalue weighted by atomic mass is 10.4. The highest BCUT2D eigenvalue weighted by Crippen LogP contribution is 2.18. The minimum atomic E-state index is 0.0109. The SMILES string of the molecule is O=C(NCCCNC1CC1)c1cc(S)cs1. The molecule has 0 saturated heterocycles. The zero-order chi connectivity index (χ0) is 11.4. The molecule has 1 aromatic rings. The van der Waals surface area contributed by atoms with Gasteiger partial charge in [-0.05, 0) is 31.9 Å². The molecular weight excluding hydrogens is 240 g/mol. The van der Waals surface area contributed by atoms with Gasteiger partial charge in [0.1, 0.15) is 0 Å². The van der Waals surface area contributed by atoms with Crippen LogP contribution in [0.2, 0.25) is 0 Å². The number of thiophene rings is 1. The largest absolute Gasteiger partial charge is 0.351 e. The number of amides is 1. The molecule has 2 rings (SSSR count). The number of thiol groups is 1. The van der Waals surface area contributed by atoms with Crippen molar-refractivity contribution in [2.24, 2.45) is 0 Å². The monoisotopic (exact) mass is 256 g/mol.